The number of aromatic nitrogens is 5. The van der Waals surface area contributed by atoms with Crippen LogP contribution in [0.3, 0.4) is 0 Å². The van der Waals surface area contributed by atoms with Crippen molar-refractivity contribution in [2.24, 2.45) is 0 Å². The third-order valence-electron chi connectivity index (χ3n) is 6.90. The van der Waals surface area contributed by atoms with Crippen molar-refractivity contribution in [3.63, 3.8) is 0 Å². The number of alkyl halides is 2. The summed E-state index contributed by atoms with van der Waals surface area (Å²) >= 11 is 6.23. The number of carbonyl (C=O) groups excluding carboxylic acids is 2. The van der Waals surface area contributed by atoms with Gasteiger partial charge in [-0.05, 0) is 57.9 Å². The van der Waals surface area contributed by atoms with Crippen molar-refractivity contribution >= 4 is 34.9 Å². The molecule has 44 heavy (non-hydrogen) atoms. The SMILES string of the molecule is CC(C)(C)OC(=O)NC1CCN(CCn2cc(NC(=O)c3cnn4cccnc34)c(-c3cc(Cl)ccc3OC(F)F)n2)CC1. The summed E-state index contributed by atoms with van der Waals surface area (Å²) in [5, 5.41) is 14.8. The summed E-state index contributed by atoms with van der Waals surface area (Å²) in [4.78, 5) is 31.9. The fourth-order valence-corrected chi connectivity index (χ4v) is 5.08. The normalized spacial score (nSPS) is 14.6. The van der Waals surface area contributed by atoms with Crippen molar-refractivity contribution in [3.8, 4) is 17.0 Å². The lowest BCUT2D eigenvalue weighted by molar-refractivity contribution is -0.0494. The van der Waals surface area contributed by atoms with Gasteiger partial charge in [-0.15, -0.1) is 0 Å². The number of hydrogen-bond donors (Lipinski definition) is 2. The number of fused-ring (bicyclic) bond motifs is 1. The average Bonchev–Trinajstić information content (AvgIpc) is 3.56. The van der Waals surface area contributed by atoms with Crippen LogP contribution in [-0.2, 0) is 11.3 Å². The Hall–Kier alpha value is -4.30. The van der Waals surface area contributed by atoms with Crippen LogP contribution in [-0.4, -0.2) is 79.2 Å². The van der Waals surface area contributed by atoms with E-state index in [2.05, 4.69) is 30.7 Å². The molecule has 3 aromatic heterocycles. The van der Waals surface area contributed by atoms with Crippen LogP contribution in [0.15, 0.2) is 49.1 Å². The number of amides is 2. The molecule has 1 aliphatic heterocycles. The summed E-state index contributed by atoms with van der Waals surface area (Å²) in [7, 11) is 0. The molecular formula is C29H33ClF2N8O4. The van der Waals surface area contributed by atoms with Gasteiger partial charge in [-0.1, -0.05) is 11.6 Å². The van der Waals surface area contributed by atoms with Gasteiger partial charge in [0.2, 0.25) is 0 Å². The largest absolute Gasteiger partial charge is 0.444 e. The smallest absolute Gasteiger partial charge is 0.407 e. The van der Waals surface area contributed by atoms with Crippen molar-refractivity contribution in [1.82, 2.24) is 34.6 Å². The van der Waals surface area contributed by atoms with E-state index in [1.807, 2.05) is 20.8 Å². The maximum Gasteiger partial charge on any atom is 0.407 e. The van der Waals surface area contributed by atoms with E-state index in [4.69, 9.17) is 21.1 Å². The molecule has 2 amide bonds. The highest BCUT2D eigenvalue weighted by Crippen LogP contribution is 2.37. The van der Waals surface area contributed by atoms with Gasteiger partial charge in [0.15, 0.2) is 5.65 Å². The Morgan fingerprint density at radius 1 is 1.18 bits per heavy atom. The Balaban J connectivity index is 1.32. The Morgan fingerprint density at radius 3 is 2.68 bits per heavy atom. The van der Waals surface area contributed by atoms with Gasteiger partial charge in [-0.2, -0.15) is 19.0 Å². The zero-order valence-corrected chi connectivity index (χ0v) is 25.2. The predicted molar refractivity (Wildman–Crippen MR) is 159 cm³/mol. The summed E-state index contributed by atoms with van der Waals surface area (Å²) < 4.78 is 39.7. The first-order valence-electron chi connectivity index (χ1n) is 14.1. The molecule has 4 heterocycles. The molecule has 0 saturated carbocycles. The lowest BCUT2D eigenvalue weighted by Crippen LogP contribution is -2.46. The number of carbonyl (C=O) groups is 2. The standard InChI is InChI=1S/C29H33ClF2N8O4/c1-29(2,3)44-28(42)35-19-7-11-38(12-8-19)13-14-39-17-22(36-26(41)21-16-34-40-10-4-9-33-25(21)40)24(37-39)20-15-18(30)5-6-23(20)43-27(31)32/h4-6,9-10,15-17,19,27H,7-8,11-14H2,1-3H3,(H,35,42)(H,36,41). The van der Waals surface area contributed by atoms with Crippen LogP contribution in [0.2, 0.25) is 5.02 Å². The van der Waals surface area contributed by atoms with Gasteiger partial charge in [0.05, 0.1) is 18.4 Å². The molecule has 0 unspecified atom stereocenters. The van der Waals surface area contributed by atoms with Gasteiger partial charge in [-0.25, -0.2) is 14.3 Å². The van der Waals surface area contributed by atoms with Crippen LogP contribution in [0.1, 0.15) is 44.0 Å². The first-order valence-corrected chi connectivity index (χ1v) is 14.5. The number of likely N-dealkylation sites (tertiary alicyclic amines) is 1. The second-order valence-corrected chi connectivity index (χ2v) is 11.8. The highest BCUT2D eigenvalue weighted by molar-refractivity contribution is 6.31. The van der Waals surface area contributed by atoms with Crippen molar-refractivity contribution in [1.29, 1.82) is 0 Å². The molecule has 2 N–H and O–H groups in total. The number of nitrogens with zero attached hydrogens (tertiary/aromatic N) is 6. The molecule has 15 heteroatoms. The molecule has 1 saturated heterocycles. The number of hydrogen-bond acceptors (Lipinski definition) is 8. The van der Waals surface area contributed by atoms with Crippen LogP contribution in [0, 0.1) is 0 Å². The van der Waals surface area contributed by atoms with Crippen molar-refractivity contribution < 1.29 is 27.8 Å². The molecule has 4 aromatic rings. The summed E-state index contributed by atoms with van der Waals surface area (Å²) in [5.41, 5.74) is 0.689. The monoisotopic (exact) mass is 630 g/mol. The van der Waals surface area contributed by atoms with Crippen molar-refractivity contribution in [3.05, 3.63) is 59.6 Å². The number of rotatable bonds is 9. The highest BCUT2D eigenvalue weighted by atomic mass is 35.5. The Kier molecular flexibility index (Phi) is 9.30. The molecule has 5 rings (SSSR count). The number of ether oxygens (including phenoxy) is 2. The van der Waals surface area contributed by atoms with Gasteiger partial charge in [-0.3, -0.25) is 9.48 Å². The molecule has 1 aliphatic rings. The van der Waals surface area contributed by atoms with E-state index < -0.39 is 24.2 Å². The van der Waals surface area contributed by atoms with Crippen LogP contribution in [0.4, 0.5) is 19.3 Å². The average molecular weight is 631 g/mol. The van der Waals surface area contributed by atoms with E-state index in [9.17, 15) is 18.4 Å². The molecule has 0 radical (unpaired) electrons. The number of nitrogens with one attached hydrogen (secondary N) is 2. The minimum Gasteiger partial charge on any atom is -0.444 e. The fourth-order valence-electron chi connectivity index (χ4n) is 4.91. The second kappa shape index (κ2) is 13.1. The second-order valence-electron chi connectivity index (χ2n) is 11.3. The minimum atomic E-state index is -3.08. The Labute approximate surface area is 257 Å². The van der Waals surface area contributed by atoms with Gasteiger partial charge in [0.1, 0.15) is 22.6 Å². The van der Waals surface area contributed by atoms with Gasteiger partial charge >= 0.3 is 12.7 Å². The first kappa shape index (κ1) is 31.1. The van der Waals surface area contributed by atoms with Crippen molar-refractivity contribution in [2.75, 3.05) is 25.0 Å². The summed E-state index contributed by atoms with van der Waals surface area (Å²) in [6, 6.07) is 5.93. The number of alkyl carbamates (subject to hydrolysis) is 1. The third kappa shape index (κ3) is 7.80. The van der Waals surface area contributed by atoms with Gasteiger partial charge in [0, 0.05) is 54.9 Å². The number of piperidine rings is 1. The van der Waals surface area contributed by atoms with Crippen LogP contribution in [0.5, 0.6) is 5.75 Å². The van der Waals surface area contributed by atoms with Crippen LogP contribution >= 0.6 is 11.6 Å². The summed E-state index contributed by atoms with van der Waals surface area (Å²) in [6.07, 6.45) is 7.34. The molecule has 1 aromatic carbocycles. The van der Waals surface area contributed by atoms with Crippen LogP contribution in [0.25, 0.3) is 16.9 Å². The molecule has 0 atom stereocenters. The van der Waals surface area contributed by atoms with E-state index in [-0.39, 0.29) is 39.3 Å². The topological polar surface area (TPSA) is 128 Å². The molecule has 12 nitrogen and oxygen atoms in total. The van der Waals surface area contributed by atoms with Crippen molar-refractivity contribution in [2.45, 2.75) is 58.4 Å². The quantitative estimate of drug-likeness (QED) is 0.262. The maximum atomic E-state index is 13.3. The van der Waals surface area contributed by atoms with Gasteiger partial charge in [0.25, 0.3) is 5.91 Å². The Bertz CT molecular complexity index is 1630. The maximum absolute atomic E-state index is 13.3. The first-order chi connectivity index (χ1) is 20.9. The number of anilines is 1. The molecule has 0 aliphatic carbocycles. The number of benzene rings is 1. The Morgan fingerprint density at radius 2 is 1.95 bits per heavy atom. The fraction of sp³-hybridized carbons (Fsp3) is 0.414. The van der Waals surface area contributed by atoms with E-state index in [1.54, 1.807) is 29.3 Å². The predicted octanol–water partition coefficient (Wildman–Crippen LogP) is 5.09. The lowest BCUT2D eigenvalue weighted by Gasteiger charge is -2.32. The summed E-state index contributed by atoms with van der Waals surface area (Å²) in [6.45, 7) is 4.96. The molecule has 1 fully saturated rings. The molecule has 234 valence electrons. The van der Waals surface area contributed by atoms with E-state index >= 15 is 0 Å². The minimum absolute atomic E-state index is 0.0183. The third-order valence-corrected chi connectivity index (χ3v) is 7.14. The molecule has 0 spiro atoms. The van der Waals surface area contributed by atoms with Crippen LogP contribution < -0.4 is 15.4 Å². The zero-order valence-electron chi connectivity index (χ0n) is 24.5. The lowest BCUT2D eigenvalue weighted by atomic mass is 10.1. The molecule has 0 bridgehead atoms. The van der Waals surface area contributed by atoms with Gasteiger partial charge < -0.3 is 25.0 Å². The summed E-state index contributed by atoms with van der Waals surface area (Å²) in [5.74, 6) is -0.639. The number of halogens is 3. The molecular weight excluding hydrogens is 598 g/mol. The highest BCUT2D eigenvalue weighted by Gasteiger charge is 2.25. The van der Waals surface area contributed by atoms with E-state index in [0.29, 0.717) is 18.7 Å². The van der Waals surface area contributed by atoms with E-state index in [1.165, 1.54) is 28.9 Å². The zero-order chi connectivity index (χ0) is 31.4. The van der Waals surface area contributed by atoms with E-state index in [0.717, 1.165) is 25.9 Å².